The van der Waals surface area contributed by atoms with Crippen LogP contribution in [0, 0.1) is 35.5 Å². The molecule has 0 aliphatic carbocycles. The molecule has 15 aromatic carbocycles. The third-order valence-corrected chi connectivity index (χ3v) is 15.0. The van der Waals surface area contributed by atoms with Gasteiger partial charge < -0.3 is 4.90 Å². The van der Waals surface area contributed by atoms with Crippen molar-refractivity contribution in [1.29, 1.82) is 0 Å². The van der Waals surface area contributed by atoms with Gasteiger partial charge in [-0.25, -0.2) is 0 Å². The van der Waals surface area contributed by atoms with Crippen molar-refractivity contribution in [2.24, 2.45) is 0 Å². The lowest BCUT2D eigenvalue weighted by Crippen LogP contribution is -2.10. The Labute approximate surface area is 422 Å². The number of nitrogens with zero attached hydrogens (tertiary/aromatic N) is 1. The van der Waals surface area contributed by atoms with E-state index in [0.717, 1.165) is 50.4 Å². The molecule has 0 unspecified atom stereocenters. The van der Waals surface area contributed by atoms with Crippen molar-refractivity contribution in [2.75, 3.05) is 4.90 Å². The lowest BCUT2D eigenvalue weighted by atomic mass is 9.92. The Hall–Kier alpha value is -10.1. The molecule has 0 spiro atoms. The Balaban J connectivity index is 0.776. The average molecular weight is 918 g/mol. The van der Waals surface area contributed by atoms with Gasteiger partial charge in [0.15, 0.2) is 0 Å². The van der Waals surface area contributed by atoms with Gasteiger partial charge in [0.05, 0.1) is 0 Å². The third kappa shape index (κ3) is 6.71. The summed E-state index contributed by atoms with van der Waals surface area (Å²) < 4.78 is 0. The molecule has 0 bridgehead atoms. The molecule has 15 rings (SSSR count). The summed E-state index contributed by atoms with van der Waals surface area (Å²) in [4.78, 5) is 2.29. The summed E-state index contributed by atoms with van der Waals surface area (Å²) in [6.45, 7) is 0. The van der Waals surface area contributed by atoms with E-state index in [1.807, 2.05) is 0 Å². The first-order chi connectivity index (χ1) is 36.1. The molecule has 0 atom stereocenters. The van der Waals surface area contributed by atoms with Gasteiger partial charge in [-0.2, -0.15) is 0 Å². The summed E-state index contributed by atoms with van der Waals surface area (Å²) in [5.74, 6) is 21.1. The molecule has 0 aliphatic heterocycles. The first-order valence-corrected chi connectivity index (χ1v) is 24.8. The molecule has 0 saturated carbocycles. The van der Waals surface area contributed by atoms with Gasteiger partial charge in [-0.3, -0.25) is 0 Å². The fraction of sp³-hybridized carbons (Fsp3) is 0. The van der Waals surface area contributed by atoms with Crippen LogP contribution in [0.4, 0.5) is 17.1 Å². The third-order valence-electron chi connectivity index (χ3n) is 15.0. The van der Waals surface area contributed by atoms with Gasteiger partial charge in [-0.15, -0.1) is 0 Å². The molecular formula is C72H39N. The van der Waals surface area contributed by atoms with Crippen molar-refractivity contribution in [3.63, 3.8) is 0 Å². The quantitative estimate of drug-likeness (QED) is 0.126. The number of hydrogen-bond acceptors (Lipinski definition) is 1. The topological polar surface area (TPSA) is 3.24 Å². The van der Waals surface area contributed by atoms with Crippen molar-refractivity contribution in [3.05, 3.63) is 270 Å². The molecule has 1 heteroatoms. The molecule has 0 saturated heterocycles. The molecule has 15 aromatic rings. The van der Waals surface area contributed by atoms with Crippen LogP contribution in [0.25, 0.3) is 97.0 Å². The Morgan fingerprint density at radius 1 is 0.192 bits per heavy atom. The highest BCUT2D eigenvalue weighted by Gasteiger charge is 2.15. The molecule has 0 fully saturated rings. The Kier molecular flexibility index (Phi) is 9.07. The Bertz CT molecular complexity index is 4340. The Morgan fingerprint density at radius 2 is 0.425 bits per heavy atom. The Morgan fingerprint density at radius 3 is 0.699 bits per heavy atom. The molecule has 0 radical (unpaired) electrons. The minimum atomic E-state index is 0.948. The van der Waals surface area contributed by atoms with Crippen molar-refractivity contribution in [3.8, 4) is 35.5 Å². The van der Waals surface area contributed by atoms with Crippen molar-refractivity contribution in [2.45, 2.75) is 0 Å². The van der Waals surface area contributed by atoms with Crippen LogP contribution < -0.4 is 4.90 Å². The van der Waals surface area contributed by atoms with Crippen LogP contribution in [-0.4, -0.2) is 0 Å². The number of anilines is 3. The highest BCUT2D eigenvalue weighted by molar-refractivity contribution is 6.26. The molecule has 0 heterocycles. The van der Waals surface area contributed by atoms with Gasteiger partial charge in [0, 0.05) is 50.4 Å². The summed E-state index contributed by atoms with van der Waals surface area (Å²) in [5, 5.41) is 22.6. The van der Waals surface area contributed by atoms with Crippen LogP contribution in [0.5, 0.6) is 0 Å². The van der Waals surface area contributed by atoms with Crippen LogP contribution in [-0.2, 0) is 0 Å². The first-order valence-electron chi connectivity index (χ1n) is 24.8. The molecule has 73 heavy (non-hydrogen) atoms. The van der Waals surface area contributed by atoms with Crippen LogP contribution in [0.15, 0.2) is 237 Å². The van der Waals surface area contributed by atoms with E-state index in [4.69, 9.17) is 0 Å². The van der Waals surface area contributed by atoms with E-state index in [-0.39, 0.29) is 0 Å². The summed E-state index contributed by atoms with van der Waals surface area (Å²) in [7, 11) is 0. The fourth-order valence-corrected chi connectivity index (χ4v) is 11.5. The lowest BCUT2D eigenvalue weighted by molar-refractivity contribution is 1.28. The van der Waals surface area contributed by atoms with Crippen LogP contribution in [0.1, 0.15) is 33.4 Å². The standard InChI is InChI=1S/C72H39N/c1-4-52-28-31-58-25-22-49(64-43-34-55(7-1)67(52)70(58)64)19-10-46-13-37-61(38-14-46)73(62-39-15-47(16-40-62)11-20-50-23-26-59-32-29-53-5-2-8-56-35-44-65(50)71(59)68(53)56)63-41-17-48(18-42-63)12-21-51-24-27-60-33-30-54-6-3-9-57-36-45-66(51)72(60)69(54)57/h1-9,13-18,22-45H. The van der Waals surface area contributed by atoms with Crippen molar-refractivity contribution >= 4 is 114 Å². The van der Waals surface area contributed by atoms with Crippen molar-refractivity contribution in [1.82, 2.24) is 0 Å². The molecule has 1 nitrogen and oxygen atoms in total. The second-order valence-electron chi connectivity index (χ2n) is 19.1. The van der Waals surface area contributed by atoms with Crippen LogP contribution in [0.3, 0.4) is 0 Å². The molecule has 0 aliphatic rings. The molecule has 0 N–H and O–H groups in total. The van der Waals surface area contributed by atoms with Crippen molar-refractivity contribution < 1.29 is 0 Å². The minimum Gasteiger partial charge on any atom is -0.311 e. The van der Waals surface area contributed by atoms with Crippen LogP contribution >= 0.6 is 0 Å². The fourth-order valence-electron chi connectivity index (χ4n) is 11.5. The minimum absolute atomic E-state index is 0.948. The predicted octanol–water partition coefficient (Wildman–Crippen LogP) is 18.0. The number of hydrogen-bond donors (Lipinski definition) is 0. The normalized spacial score (nSPS) is 11.5. The van der Waals surface area contributed by atoms with Gasteiger partial charge in [-0.05, 0) is 188 Å². The largest absolute Gasteiger partial charge is 0.311 e. The molecule has 0 aromatic heterocycles. The molecule has 0 amide bonds. The van der Waals surface area contributed by atoms with E-state index >= 15 is 0 Å². The second kappa shape index (κ2) is 16.2. The predicted molar refractivity (Wildman–Crippen MR) is 310 cm³/mol. The van der Waals surface area contributed by atoms with E-state index < -0.39 is 0 Å². The zero-order valence-electron chi connectivity index (χ0n) is 39.5. The SMILES string of the molecule is C(#Cc1ccc2ccc3cccc4ccc1c2c34)c1ccc(N(c2ccc(C#Cc3ccc4ccc5cccc6ccc3c4c56)cc2)c2ccc(C#Cc3ccc4ccc5cccc6ccc3c4c56)cc2)cc1. The maximum Gasteiger partial charge on any atom is 0.0462 e. The van der Waals surface area contributed by atoms with E-state index in [2.05, 4.69) is 277 Å². The van der Waals surface area contributed by atoms with Gasteiger partial charge in [-0.1, -0.05) is 181 Å². The summed E-state index contributed by atoms with van der Waals surface area (Å²) >= 11 is 0. The van der Waals surface area contributed by atoms with Gasteiger partial charge in [0.2, 0.25) is 0 Å². The lowest BCUT2D eigenvalue weighted by Gasteiger charge is -2.25. The van der Waals surface area contributed by atoms with E-state index in [0.29, 0.717) is 0 Å². The molecular weight excluding hydrogens is 879 g/mol. The average Bonchev–Trinajstić information content (AvgIpc) is 3.45. The maximum absolute atomic E-state index is 3.54. The zero-order valence-corrected chi connectivity index (χ0v) is 39.5. The highest BCUT2D eigenvalue weighted by Crippen LogP contribution is 2.40. The summed E-state index contributed by atoms with van der Waals surface area (Å²) in [5.41, 5.74) is 9.00. The monoisotopic (exact) mass is 917 g/mol. The first kappa shape index (κ1) is 40.8. The maximum atomic E-state index is 3.54. The van der Waals surface area contributed by atoms with Crippen LogP contribution in [0.2, 0.25) is 0 Å². The molecule has 332 valence electrons. The zero-order chi connectivity index (χ0) is 48.0. The van der Waals surface area contributed by atoms with Gasteiger partial charge in [0.1, 0.15) is 0 Å². The summed E-state index contributed by atoms with van der Waals surface area (Å²) in [6.07, 6.45) is 0. The number of benzene rings is 15. The van der Waals surface area contributed by atoms with E-state index in [9.17, 15) is 0 Å². The van der Waals surface area contributed by atoms with E-state index in [1.165, 1.54) is 97.0 Å². The van der Waals surface area contributed by atoms with Gasteiger partial charge in [0.25, 0.3) is 0 Å². The second-order valence-corrected chi connectivity index (χ2v) is 19.1. The van der Waals surface area contributed by atoms with Gasteiger partial charge >= 0.3 is 0 Å². The highest BCUT2D eigenvalue weighted by atomic mass is 15.1. The number of rotatable bonds is 3. The van der Waals surface area contributed by atoms with E-state index in [1.54, 1.807) is 0 Å². The summed E-state index contributed by atoms with van der Waals surface area (Å²) in [6, 6.07) is 85.0. The smallest absolute Gasteiger partial charge is 0.0462 e.